The van der Waals surface area contributed by atoms with Gasteiger partial charge in [0.1, 0.15) is 0 Å². The first kappa shape index (κ1) is 15.7. The SMILES string of the molecule is CCc1ccc(-c2nc(N)nc(C)c2C#Cc2cccnc2)cc1. The van der Waals surface area contributed by atoms with Crippen LogP contribution in [-0.2, 0) is 6.42 Å². The third-order valence-corrected chi connectivity index (χ3v) is 3.74. The summed E-state index contributed by atoms with van der Waals surface area (Å²) in [5, 5.41) is 0. The second-order valence-corrected chi connectivity index (χ2v) is 5.43. The minimum atomic E-state index is 0.258. The highest BCUT2D eigenvalue weighted by molar-refractivity contribution is 5.70. The second-order valence-electron chi connectivity index (χ2n) is 5.43. The Morgan fingerprint density at radius 1 is 1.04 bits per heavy atom. The summed E-state index contributed by atoms with van der Waals surface area (Å²) in [7, 11) is 0. The predicted octanol–water partition coefficient (Wildman–Crippen LogP) is 3.39. The van der Waals surface area contributed by atoms with Gasteiger partial charge in [-0.05, 0) is 31.0 Å². The Labute approximate surface area is 141 Å². The molecule has 0 fully saturated rings. The Kier molecular flexibility index (Phi) is 4.53. The molecule has 24 heavy (non-hydrogen) atoms. The van der Waals surface area contributed by atoms with Crippen LogP contribution in [0.15, 0.2) is 48.8 Å². The van der Waals surface area contributed by atoms with Crippen molar-refractivity contribution in [3.63, 3.8) is 0 Å². The van der Waals surface area contributed by atoms with Crippen molar-refractivity contribution in [2.45, 2.75) is 20.3 Å². The van der Waals surface area contributed by atoms with E-state index >= 15 is 0 Å². The number of nitrogens with two attached hydrogens (primary N) is 1. The van der Waals surface area contributed by atoms with Crippen LogP contribution in [0.2, 0.25) is 0 Å². The number of aryl methyl sites for hydroxylation is 2. The molecule has 2 heterocycles. The smallest absolute Gasteiger partial charge is 0.220 e. The van der Waals surface area contributed by atoms with Crippen molar-refractivity contribution in [2.75, 3.05) is 5.73 Å². The molecule has 0 spiro atoms. The van der Waals surface area contributed by atoms with Gasteiger partial charge in [-0.25, -0.2) is 9.97 Å². The van der Waals surface area contributed by atoms with Crippen molar-refractivity contribution >= 4 is 5.95 Å². The van der Waals surface area contributed by atoms with E-state index in [1.165, 1.54) is 5.56 Å². The third kappa shape index (κ3) is 3.41. The molecule has 4 heteroatoms. The first-order valence-corrected chi connectivity index (χ1v) is 7.83. The average molecular weight is 314 g/mol. The van der Waals surface area contributed by atoms with Crippen LogP contribution in [0.5, 0.6) is 0 Å². The number of aromatic nitrogens is 3. The molecule has 0 unspecified atom stereocenters. The maximum atomic E-state index is 5.85. The molecule has 118 valence electrons. The van der Waals surface area contributed by atoms with Gasteiger partial charge in [-0.15, -0.1) is 0 Å². The predicted molar refractivity (Wildman–Crippen MR) is 96.2 cm³/mol. The number of anilines is 1. The largest absolute Gasteiger partial charge is 0.368 e. The lowest BCUT2D eigenvalue weighted by Gasteiger charge is -2.08. The summed E-state index contributed by atoms with van der Waals surface area (Å²) < 4.78 is 0. The molecular weight excluding hydrogens is 296 g/mol. The van der Waals surface area contributed by atoms with E-state index in [1.807, 2.05) is 19.1 Å². The molecule has 3 aromatic rings. The van der Waals surface area contributed by atoms with E-state index in [9.17, 15) is 0 Å². The number of hydrogen-bond acceptors (Lipinski definition) is 4. The lowest BCUT2D eigenvalue weighted by Crippen LogP contribution is -2.03. The topological polar surface area (TPSA) is 64.7 Å². The molecule has 0 amide bonds. The average Bonchev–Trinajstić information content (AvgIpc) is 2.61. The Balaban J connectivity index is 2.10. The van der Waals surface area contributed by atoms with Crippen molar-refractivity contribution in [3.05, 3.63) is 71.2 Å². The van der Waals surface area contributed by atoms with Gasteiger partial charge in [0.2, 0.25) is 5.95 Å². The van der Waals surface area contributed by atoms with E-state index in [4.69, 9.17) is 5.73 Å². The standard InChI is InChI=1S/C20H18N4/c1-3-15-6-9-17(10-7-15)19-18(14(2)23-20(21)24-19)11-8-16-5-4-12-22-13-16/h4-7,9-10,12-13H,3H2,1-2H3,(H2,21,23,24). The van der Waals surface area contributed by atoms with Crippen molar-refractivity contribution in [2.24, 2.45) is 0 Å². The summed E-state index contributed by atoms with van der Waals surface area (Å²) in [6, 6.07) is 12.1. The number of pyridine rings is 1. The van der Waals surface area contributed by atoms with Crippen molar-refractivity contribution in [1.29, 1.82) is 0 Å². The maximum absolute atomic E-state index is 5.85. The molecule has 0 atom stereocenters. The molecule has 2 aromatic heterocycles. The van der Waals surface area contributed by atoms with Crippen LogP contribution >= 0.6 is 0 Å². The molecule has 1 aromatic carbocycles. The highest BCUT2D eigenvalue weighted by Crippen LogP contribution is 2.24. The van der Waals surface area contributed by atoms with E-state index in [0.717, 1.165) is 34.5 Å². The Morgan fingerprint density at radius 2 is 1.83 bits per heavy atom. The van der Waals surface area contributed by atoms with Crippen LogP contribution in [0, 0.1) is 18.8 Å². The molecule has 4 nitrogen and oxygen atoms in total. The second kappa shape index (κ2) is 6.93. The molecule has 0 aliphatic rings. The molecule has 2 N–H and O–H groups in total. The fourth-order valence-corrected chi connectivity index (χ4v) is 2.42. The van der Waals surface area contributed by atoms with E-state index < -0.39 is 0 Å². The number of rotatable bonds is 2. The van der Waals surface area contributed by atoms with Gasteiger partial charge >= 0.3 is 0 Å². The van der Waals surface area contributed by atoms with E-state index in [2.05, 4.69) is 58.0 Å². The van der Waals surface area contributed by atoms with Crippen LogP contribution in [0.1, 0.15) is 29.3 Å². The summed E-state index contributed by atoms with van der Waals surface area (Å²) in [6.45, 7) is 4.03. The van der Waals surface area contributed by atoms with Crippen LogP contribution in [-0.4, -0.2) is 15.0 Å². The number of nitrogen functional groups attached to an aromatic ring is 1. The molecule has 0 saturated carbocycles. The van der Waals surface area contributed by atoms with Gasteiger partial charge in [-0.2, -0.15) is 0 Å². The Hall–Kier alpha value is -3.19. The van der Waals surface area contributed by atoms with E-state index in [1.54, 1.807) is 12.4 Å². The van der Waals surface area contributed by atoms with Gasteiger partial charge in [0.05, 0.1) is 17.0 Å². The third-order valence-electron chi connectivity index (χ3n) is 3.74. The van der Waals surface area contributed by atoms with Gasteiger partial charge in [-0.1, -0.05) is 43.0 Å². The van der Waals surface area contributed by atoms with Gasteiger partial charge in [-0.3, -0.25) is 4.98 Å². The lowest BCUT2D eigenvalue weighted by atomic mass is 10.0. The van der Waals surface area contributed by atoms with Gasteiger partial charge in [0.15, 0.2) is 0 Å². The minimum absolute atomic E-state index is 0.258. The minimum Gasteiger partial charge on any atom is -0.368 e. The summed E-state index contributed by atoms with van der Waals surface area (Å²) in [5.41, 5.74) is 11.3. The quantitative estimate of drug-likeness (QED) is 0.736. The number of hydrogen-bond donors (Lipinski definition) is 1. The molecule has 0 saturated heterocycles. The van der Waals surface area contributed by atoms with Crippen molar-refractivity contribution in [1.82, 2.24) is 15.0 Å². The molecule has 0 bridgehead atoms. The normalized spacial score (nSPS) is 10.1. The molecule has 0 radical (unpaired) electrons. The van der Waals surface area contributed by atoms with E-state index in [0.29, 0.717) is 0 Å². The first-order chi connectivity index (χ1) is 11.7. The Bertz CT molecular complexity index is 904. The van der Waals surface area contributed by atoms with Crippen LogP contribution in [0.25, 0.3) is 11.3 Å². The Morgan fingerprint density at radius 3 is 2.50 bits per heavy atom. The molecule has 0 aliphatic carbocycles. The van der Waals surface area contributed by atoms with Crippen LogP contribution in [0.3, 0.4) is 0 Å². The van der Waals surface area contributed by atoms with Crippen LogP contribution in [0.4, 0.5) is 5.95 Å². The summed E-state index contributed by atoms with van der Waals surface area (Å²) in [6.07, 6.45) is 4.46. The van der Waals surface area contributed by atoms with Gasteiger partial charge in [0, 0.05) is 23.5 Å². The highest BCUT2D eigenvalue weighted by Gasteiger charge is 2.11. The summed E-state index contributed by atoms with van der Waals surface area (Å²) in [5.74, 6) is 6.56. The zero-order valence-corrected chi connectivity index (χ0v) is 13.7. The van der Waals surface area contributed by atoms with E-state index in [-0.39, 0.29) is 5.95 Å². The van der Waals surface area contributed by atoms with Gasteiger partial charge < -0.3 is 5.73 Å². The lowest BCUT2D eigenvalue weighted by molar-refractivity contribution is 1.11. The monoisotopic (exact) mass is 314 g/mol. The number of nitrogens with zero attached hydrogens (tertiary/aromatic N) is 3. The summed E-state index contributed by atoms with van der Waals surface area (Å²) >= 11 is 0. The molecular formula is C20H18N4. The first-order valence-electron chi connectivity index (χ1n) is 7.83. The van der Waals surface area contributed by atoms with Crippen molar-refractivity contribution in [3.8, 4) is 23.1 Å². The summed E-state index contributed by atoms with van der Waals surface area (Å²) in [4.78, 5) is 12.8. The maximum Gasteiger partial charge on any atom is 0.220 e. The fourth-order valence-electron chi connectivity index (χ4n) is 2.42. The van der Waals surface area contributed by atoms with Gasteiger partial charge in [0.25, 0.3) is 0 Å². The highest BCUT2D eigenvalue weighted by atomic mass is 15.0. The fraction of sp³-hybridized carbons (Fsp3) is 0.150. The molecule has 3 rings (SSSR count). The zero-order valence-electron chi connectivity index (χ0n) is 13.7. The van der Waals surface area contributed by atoms with Crippen LogP contribution < -0.4 is 5.73 Å². The zero-order chi connectivity index (χ0) is 16.9. The van der Waals surface area contributed by atoms with Crippen molar-refractivity contribution < 1.29 is 0 Å². The molecule has 0 aliphatic heterocycles. The number of benzene rings is 1.